The van der Waals surface area contributed by atoms with Gasteiger partial charge in [0.2, 0.25) is 10.0 Å². The van der Waals surface area contributed by atoms with Gasteiger partial charge in [-0.15, -0.1) is 0 Å². The standard InChI is InChI=1S/C24H36N6O4S/c1-24(2,3)34-23(31)30-12-10-18(11-13-30)15-25-16-20-14-22(27-17-26-20)28-19-6-8-21(9-7-19)35(32,33)29(4)5/h6-9,14,17-18,25H,10-13,15-16H2,1-5H3,(H,26,27,28). The molecule has 1 amide bonds. The van der Waals surface area contributed by atoms with Crippen molar-refractivity contribution in [2.75, 3.05) is 39.0 Å². The van der Waals surface area contributed by atoms with Crippen LogP contribution in [0.25, 0.3) is 0 Å². The number of amides is 1. The van der Waals surface area contributed by atoms with Crippen LogP contribution in [0, 0.1) is 5.92 Å². The van der Waals surface area contributed by atoms with Crippen LogP contribution < -0.4 is 10.6 Å². The van der Waals surface area contributed by atoms with Crippen molar-refractivity contribution in [3.05, 3.63) is 42.4 Å². The molecule has 1 aromatic heterocycles. The van der Waals surface area contributed by atoms with Crippen LogP contribution in [-0.2, 0) is 21.3 Å². The molecule has 1 aromatic carbocycles. The van der Waals surface area contributed by atoms with E-state index in [4.69, 9.17) is 4.74 Å². The average Bonchev–Trinajstić information content (AvgIpc) is 2.79. The van der Waals surface area contributed by atoms with Crippen LogP contribution in [-0.4, -0.2) is 73.0 Å². The lowest BCUT2D eigenvalue weighted by Crippen LogP contribution is -2.43. The molecule has 1 aliphatic rings. The SMILES string of the molecule is CN(C)S(=O)(=O)c1ccc(Nc2cc(CNCC3CCN(C(=O)OC(C)(C)C)CC3)ncn2)cc1. The van der Waals surface area contributed by atoms with Gasteiger partial charge in [-0.1, -0.05) is 0 Å². The predicted octanol–water partition coefficient (Wildman–Crippen LogP) is 3.21. The first-order chi connectivity index (χ1) is 16.4. The summed E-state index contributed by atoms with van der Waals surface area (Å²) in [6.07, 6.45) is 3.13. The molecule has 0 radical (unpaired) electrons. The molecule has 0 unspecified atom stereocenters. The third-order valence-electron chi connectivity index (χ3n) is 5.63. The van der Waals surface area contributed by atoms with Gasteiger partial charge in [0.25, 0.3) is 0 Å². The van der Waals surface area contributed by atoms with Crippen molar-refractivity contribution in [3.63, 3.8) is 0 Å². The number of carbonyl (C=O) groups is 1. The van der Waals surface area contributed by atoms with Crippen LogP contribution in [0.2, 0.25) is 0 Å². The van der Waals surface area contributed by atoms with Crippen molar-refractivity contribution in [1.82, 2.24) is 24.5 Å². The number of hydrogen-bond acceptors (Lipinski definition) is 8. The molecular formula is C24H36N6O4S. The number of piperidine rings is 1. The first-order valence-corrected chi connectivity index (χ1v) is 13.2. The summed E-state index contributed by atoms with van der Waals surface area (Å²) in [6, 6.07) is 8.41. The highest BCUT2D eigenvalue weighted by molar-refractivity contribution is 7.89. The number of likely N-dealkylation sites (tertiary alicyclic amines) is 1. The van der Waals surface area contributed by atoms with Gasteiger partial charge in [-0.2, -0.15) is 0 Å². The van der Waals surface area contributed by atoms with E-state index in [1.807, 2.05) is 26.8 Å². The highest BCUT2D eigenvalue weighted by Crippen LogP contribution is 2.21. The Kier molecular flexibility index (Phi) is 8.68. The summed E-state index contributed by atoms with van der Waals surface area (Å²) in [7, 11) is -0.452. The zero-order valence-electron chi connectivity index (χ0n) is 21.1. The molecule has 0 saturated carbocycles. The van der Waals surface area contributed by atoms with Crippen LogP contribution in [0.5, 0.6) is 0 Å². The molecule has 10 nitrogen and oxygen atoms in total. The molecule has 2 N–H and O–H groups in total. The number of nitrogens with one attached hydrogen (secondary N) is 2. The number of benzene rings is 1. The van der Waals surface area contributed by atoms with Crippen LogP contribution >= 0.6 is 0 Å². The van der Waals surface area contributed by atoms with Crippen LogP contribution in [0.1, 0.15) is 39.3 Å². The topological polar surface area (TPSA) is 117 Å². The fourth-order valence-electron chi connectivity index (χ4n) is 3.68. The lowest BCUT2D eigenvalue weighted by molar-refractivity contribution is 0.0184. The molecule has 1 aliphatic heterocycles. The summed E-state index contributed by atoms with van der Waals surface area (Å²) in [6.45, 7) is 8.49. The monoisotopic (exact) mass is 504 g/mol. The van der Waals surface area contributed by atoms with Gasteiger partial charge < -0.3 is 20.3 Å². The maximum Gasteiger partial charge on any atom is 0.410 e. The fourth-order valence-corrected chi connectivity index (χ4v) is 4.58. The molecule has 0 bridgehead atoms. The fraction of sp³-hybridized carbons (Fsp3) is 0.542. The van der Waals surface area contributed by atoms with E-state index >= 15 is 0 Å². The second-order valence-corrected chi connectivity index (χ2v) is 12.0. The number of anilines is 2. The number of rotatable bonds is 8. The molecule has 3 rings (SSSR count). The van der Waals surface area contributed by atoms with E-state index in [0.717, 1.165) is 30.8 Å². The summed E-state index contributed by atoms with van der Waals surface area (Å²) < 4.78 is 31.1. The second-order valence-electron chi connectivity index (χ2n) is 9.87. The van der Waals surface area contributed by atoms with Crippen molar-refractivity contribution in [1.29, 1.82) is 0 Å². The van der Waals surface area contributed by atoms with E-state index in [1.165, 1.54) is 24.7 Å². The minimum absolute atomic E-state index is 0.234. The zero-order valence-corrected chi connectivity index (χ0v) is 21.9. The highest BCUT2D eigenvalue weighted by atomic mass is 32.2. The maximum atomic E-state index is 12.2. The average molecular weight is 505 g/mol. The van der Waals surface area contributed by atoms with Gasteiger partial charge >= 0.3 is 6.09 Å². The molecule has 1 saturated heterocycles. The lowest BCUT2D eigenvalue weighted by atomic mass is 9.97. The highest BCUT2D eigenvalue weighted by Gasteiger charge is 2.26. The summed E-state index contributed by atoms with van der Waals surface area (Å²) in [4.78, 5) is 22.8. The molecule has 2 aromatic rings. The van der Waals surface area contributed by atoms with Crippen LogP contribution in [0.15, 0.2) is 41.6 Å². The molecule has 192 valence electrons. The van der Waals surface area contributed by atoms with Gasteiger partial charge in [0, 0.05) is 45.5 Å². The minimum atomic E-state index is -3.46. The molecule has 35 heavy (non-hydrogen) atoms. The Balaban J connectivity index is 1.45. The molecule has 1 fully saturated rings. The first-order valence-electron chi connectivity index (χ1n) is 11.7. The largest absolute Gasteiger partial charge is 0.444 e. The predicted molar refractivity (Wildman–Crippen MR) is 135 cm³/mol. The van der Waals surface area contributed by atoms with Gasteiger partial charge in [-0.3, -0.25) is 0 Å². The molecule has 11 heteroatoms. The van der Waals surface area contributed by atoms with Gasteiger partial charge in [-0.05, 0) is 70.3 Å². The van der Waals surface area contributed by atoms with E-state index in [2.05, 4.69) is 20.6 Å². The Labute approximate surface area is 208 Å². The molecule has 0 spiro atoms. The summed E-state index contributed by atoms with van der Waals surface area (Å²) in [5.74, 6) is 1.12. The number of nitrogens with zero attached hydrogens (tertiary/aromatic N) is 4. The summed E-state index contributed by atoms with van der Waals surface area (Å²) in [5, 5.41) is 6.64. The van der Waals surface area contributed by atoms with E-state index < -0.39 is 15.6 Å². The zero-order chi connectivity index (χ0) is 25.6. The molecule has 0 aliphatic carbocycles. The Morgan fingerprint density at radius 3 is 2.40 bits per heavy atom. The number of sulfonamides is 1. The van der Waals surface area contributed by atoms with Gasteiger partial charge in [-0.25, -0.2) is 27.5 Å². The van der Waals surface area contributed by atoms with Gasteiger partial charge in [0.15, 0.2) is 0 Å². The lowest BCUT2D eigenvalue weighted by Gasteiger charge is -2.33. The van der Waals surface area contributed by atoms with Crippen molar-refractivity contribution < 1.29 is 17.9 Å². The number of ether oxygens (including phenoxy) is 1. The Morgan fingerprint density at radius 2 is 1.80 bits per heavy atom. The quantitative estimate of drug-likeness (QED) is 0.563. The summed E-state index contributed by atoms with van der Waals surface area (Å²) >= 11 is 0. The van der Waals surface area contributed by atoms with Crippen molar-refractivity contribution in [2.24, 2.45) is 5.92 Å². The van der Waals surface area contributed by atoms with E-state index in [0.29, 0.717) is 31.4 Å². The van der Waals surface area contributed by atoms with Crippen LogP contribution in [0.3, 0.4) is 0 Å². The molecule has 0 atom stereocenters. The van der Waals surface area contributed by atoms with Gasteiger partial charge in [0.1, 0.15) is 17.7 Å². The first kappa shape index (κ1) is 26.8. The molecule has 2 heterocycles. The normalized spacial score (nSPS) is 15.3. The summed E-state index contributed by atoms with van der Waals surface area (Å²) in [5.41, 5.74) is 1.11. The third-order valence-corrected chi connectivity index (χ3v) is 7.46. The second kappa shape index (κ2) is 11.3. The van der Waals surface area contributed by atoms with Crippen LogP contribution in [0.4, 0.5) is 16.3 Å². The number of carbonyl (C=O) groups excluding carboxylic acids is 1. The number of hydrogen-bond donors (Lipinski definition) is 2. The van der Waals surface area contributed by atoms with E-state index in [1.54, 1.807) is 29.2 Å². The maximum absolute atomic E-state index is 12.2. The van der Waals surface area contributed by atoms with Crippen molar-refractivity contribution in [2.45, 2.75) is 50.7 Å². The van der Waals surface area contributed by atoms with Crippen molar-refractivity contribution >= 4 is 27.6 Å². The van der Waals surface area contributed by atoms with Gasteiger partial charge in [0.05, 0.1) is 10.6 Å². The Hall–Kier alpha value is -2.76. The Morgan fingerprint density at radius 1 is 1.14 bits per heavy atom. The Bertz CT molecular complexity index is 1090. The third kappa shape index (κ3) is 7.87. The number of aromatic nitrogens is 2. The molecular weight excluding hydrogens is 468 g/mol. The smallest absolute Gasteiger partial charge is 0.410 e. The van der Waals surface area contributed by atoms with E-state index in [-0.39, 0.29) is 11.0 Å². The van der Waals surface area contributed by atoms with Crippen molar-refractivity contribution in [3.8, 4) is 0 Å². The van der Waals surface area contributed by atoms with E-state index in [9.17, 15) is 13.2 Å². The minimum Gasteiger partial charge on any atom is -0.444 e.